The van der Waals surface area contributed by atoms with E-state index in [0.29, 0.717) is 5.92 Å². The van der Waals surface area contributed by atoms with Gasteiger partial charge in [0.05, 0.1) is 13.2 Å². The highest BCUT2D eigenvalue weighted by Gasteiger charge is 2.47. The molecule has 0 amide bonds. The maximum Gasteiger partial charge on any atom is 0.0513 e. The highest BCUT2D eigenvalue weighted by Crippen LogP contribution is 2.42. The predicted molar refractivity (Wildman–Crippen MR) is 89.6 cm³/mol. The Bertz CT molecular complexity index is 513. The number of nitrogens with zero attached hydrogens (tertiary/aromatic N) is 1. The number of hydrogen-bond acceptors (Lipinski definition) is 3. The van der Waals surface area contributed by atoms with E-state index in [1.807, 2.05) is 0 Å². The zero-order valence-corrected chi connectivity index (χ0v) is 13.5. The van der Waals surface area contributed by atoms with Crippen molar-refractivity contribution in [3.05, 3.63) is 42.0 Å². The van der Waals surface area contributed by atoms with Gasteiger partial charge in [-0.1, -0.05) is 43.3 Å². The van der Waals surface area contributed by atoms with Gasteiger partial charge in [-0.3, -0.25) is 4.90 Å². The Morgan fingerprint density at radius 3 is 2.91 bits per heavy atom. The molecule has 2 heterocycles. The first-order valence-corrected chi connectivity index (χ1v) is 8.43. The van der Waals surface area contributed by atoms with Gasteiger partial charge in [-0.2, -0.15) is 0 Å². The first-order valence-electron chi connectivity index (χ1n) is 8.43. The summed E-state index contributed by atoms with van der Waals surface area (Å²) in [5, 5.41) is 9.93. The van der Waals surface area contributed by atoms with Gasteiger partial charge >= 0.3 is 0 Å². The van der Waals surface area contributed by atoms with E-state index in [0.717, 1.165) is 45.7 Å². The summed E-state index contributed by atoms with van der Waals surface area (Å²) >= 11 is 0. The maximum absolute atomic E-state index is 9.93. The summed E-state index contributed by atoms with van der Waals surface area (Å²) in [5.74, 6) is 0.477. The van der Waals surface area contributed by atoms with Crippen LogP contribution < -0.4 is 0 Å². The van der Waals surface area contributed by atoms with Crippen molar-refractivity contribution in [2.24, 2.45) is 11.3 Å². The zero-order chi connectivity index (χ0) is 15.4. The van der Waals surface area contributed by atoms with Crippen LogP contribution in [0.3, 0.4) is 0 Å². The van der Waals surface area contributed by atoms with Crippen molar-refractivity contribution in [1.82, 2.24) is 4.90 Å². The van der Waals surface area contributed by atoms with Crippen molar-refractivity contribution in [1.29, 1.82) is 0 Å². The highest BCUT2D eigenvalue weighted by molar-refractivity contribution is 5.66. The van der Waals surface area contributed by atoms with E-state index in [1.54, 1.807) is 0 Å². The number of fused-ring (bicyclic) bond motifs is 1. The van der Waals surface area contributed by atoms with Crippen LogP contribution in [-0.4, -0.2) is 49.5 Å². The van der Waals surface area contributed by atoms with E-state index >= 15 is 0 Å². The van der Waals surface area contributed by atoms with Gasteiger partial charge in [-0.25, -0.2) is 0 Å². The van der Waals surface area contributed by atoms with Gasteiger partial charge in [0.25, 0.3) is 0 Å². The molecule has 120 valence electrons. The summed E-state index contributed by atoms with van der Waals surface area (Å²) in [6.45, 7) is 7.07. The van der Waals surface area contributed by atoms with Crippen molar-refractivity contribution >= 4 is 5.57 Å². The molecular weight excluding hydrogens is 274 g/mol. The molecule has 1 aromatic rings. The number of hydrogen-bond donors (Lipinski definition) is 1. The molecule has 1 N–H and O–H groups in total. The van der Waals surface area contributed by atoms with E-state index in [4.69, 9.17) is 4.74 Å². The number of rotatable bonds is 5. The summed E-state index contributed by atoms with van der Waals surface area (Å²) in [6.07, 6.45) is 4.37. The van der Waals surface area contributed by atoms with Gasteiger partial charge in [-0.05, 0) is 24.0 Å². The van der Waals surface area contributed by atoms with Crippen LogP contribution in [0.15, 0.2) is 36.4 Å². The monoisotopic (exact) mass is 301 g/mol. The van der Waals surface area contributed by atoms with Crippen molar-refractivity contribution in [3.63, 3.8) is 0 Å². The van der Waals surface area contributed by atoms with Gasteiger partial charge in [0.2, 0.25) is 0 Å². The Morgan fingerprint density at radius 1 is 1.41 bits per heavy atom. The predicted octanol–water partition coefficient (Wildman–Crippen LogP) is 2.81. The molecule has 2 aliphatic rings. The Labute approximate surface area is 133 Å². The van der Waals surface area contributed by atoms with Crippen molar-refractivity contribution in [2.45, 2.75) is 19.8 Å². The lowest BCUT2D eigenvalue weighted by molar-refractivity contribution is -0.0416. The zero-order valence-electron chi connectivity index (χ0n) is 13.5. The first-order chi connectivity index (χ1) is 10.8. The van der Waals surface area contributed by atoms with Crippen molar-refractivity contribution in [2.75, 3.05) is 39.5 Å². The molecule has 2 atom stereocenters. The molecule has 22 heavy (non-hydrogen) atoms. The number of benzene rings is 1. The fourth-order valence-corrected chi connectivity index (χ4v) is 3.95. The van der Waals surface area contributed by atoms with Crippen LogP contribution in [0.2, 0.25) is 0 Å². The fourth-order valence-electron chi connectivity index (χ4n) is 3.95. The second-order valence-electron chi connectivity index (χ2n) is 6.72. The van der Waals surface area contributed by atoms with Crippen LogP contribution in [0.5, 0.6) is 0 Å². The molecule has 0 aliphatic carbocycles. The fraction of sp³-hybridized carbons (Fsp3) is 0.579. The molecule has 0 unspecified atom stereocenters. The number of allylic oxidation sites excluding steroid dienone is 1. The SMILES string of the molecule is CC/C=C(/CN1C[C@@H]2COCC[C@]2(CO)C1)c1ccccc1. The molecule has 0 bridgehead atoms. The molecule has 2 fully saturated rings. The van der Waals surface area contributed by atoms with Crippen LogP contribution in [-0.2, 0) is 4.74 Å². The lowest BCUT2D eigenvalue weighted by Gasteiger charge is -2.36. The summed E-state index contributed by atoms with van der Waals surface area (Å²) in [7, 11) is 0. The van der Waals surface area contributed by atoms with E-state index in [9.17, 15) is 5.11 Å². The molecule has 3 nitrogen and oxygen atoms in total. The van der Waals surface area contributed by atoms with Crippen LogP contribution >= 0.6 is 0 Å². The third-order valence-corrected chi connectivity index (χ3v) is 5.25. The molecule has 3 heteroatoms. The quantitative estimate of drug-likeness (QED) is 0.908. The standard InChI is InChI=1S/C19H27NO2/c1-2-6-17(16-7-4-3-5-8-16)11-20-12-18-13-22-10-9-19(18,14-20)15-21/h3-8,18,21H,2,9-15H2,1H3/b17-6-/t18-,19-/m1/s1. The van der Waals surface area contributed by atoms with Gasteiger partial charge in [-0.15, -0.1) is 0 Å². The largest absolute Gasteiger partial charge is 0.396 e. The van der Waals surface area contributed by atoms with E-state index in [2.05, 4.69) is 48.2 Å². The number of ether oxygens (including phenoxy) is 1. The van der Waals surface area contributed by atoms with E-state index in [-0.39, 0.29) is 12.0 Å². The minimum atomic E-state index is 0.0618. The average Bonchev–Trinajstić information content (AvgIpc) is 2.94. The Morgan fingerprint density at radius 2 is 2.23 bits per heavy atom. The Kier molecular flexibility index (Phi) is 4.97. The molecule has 3 rings (SSSR count). The Balaban J connectivity index is 1.73. The van der Waals surface area contributed by atoms with Crippen molar-refractivity contribution in [3.8, 4) is 0 Å². The normalized spacial score (nSPS) is 29.5. The van der Waals surface area contributed by atoms with Gasteiger partial charge in [0.15, 0.2) is 0 Å². The smallest absolute Gasteiger partial charge is 0.0513 e. The number of likely N-dealkylation sites (tertiary alicyclic amines) is 1. The summed E-state index contributed by atoms with van der Waals surface area (Å²) in [4.78, 5) is 2.50. The van der Waals surface area contributed by atoms with Gasteiger partial charge < -0.3 is 9.84 Å². The third kappa shape index (κ3) is 3.12. The van der Waals surface area contributed by atoms with E-state index in [1.165, 1.54) is 11.1 Å². The topological polar surface area (TPSA) is 32.7 Å². The maximum atomic E-state index is 9.93. The van der Waals surface area contributed by atoms with E-state index < -0.39 is 0 Å². The van der Waals surface area contributed by atoms with Crippen LogP contribution in [0.4, 0.5) is 0 Å². The molecule has 0 saturated carbocycles. The molecule has 1 aromatic carbocycles. The molecule has 0 aromatic heterocycles. The lowest BCUT2D eigenvalue weighted by atomic mass is 9.75. The molecule has 2 aliphatic heterocycles. The molecular formula is C19H27NO2. The summed E-state index contributed by atoms with van der Waals surface area (Å²) in [6, 6.07) is 10.7. The molecule has 0 spiro atoms. The van der Waals surface area contributed by atoms with Crippen LogP contribution in [0.1, 0.15) is 25.3 Å². The number of aliphatic hydroxyl groups excluding tert-OH is 1. The van der Waals surface area contributed by atoms with Gasteiger partial charge in [0, 0.05) is 37.6 Å². The average molecular weight is 301 g/mol. The summed E-state index contributed by atoms with van der Waals surface area (Å²) < 4.78 is 5.64. The highest BCUT2D eigenvalue weighted by atomic mass is 16.5. The third-order valence-electron chi connectivity index (χ3n) is 5.25. The number of aliphatic hydroxyl groups is 1. The molecule has 2 saturated heterocycles. The minimum absolute atomic E-state index is 0.0618. The van der Waals surface area contributed by atoms with Crippen LogP contribution in [0.25, 0.3) is 5.57 Å². The first kappa shape index (κ1) is 15.7. The minimum Gasteiger partial charge on any atom is -0.396 e. The van der Waals surface area contributed by atoms with Crippen molar-refractivity contribution < 1.29 is 9.84 Å². The Hall–Kier alpha value is -1.16. The van der Waals surface area contributed by atoms with Gasteiger partial charge in [0.1, 0.15) is 0 Å². The molecule has 0 radical (unpaired) electrons. The van der Waals surface area contributed by atoms with Crippen LogP contribution in [0, 0.1) is 11.3 Å². The second-order valence-corrected chi connectivity index (χ2v) is 6.72. The second kappa shape index (κ2) is 6.95. The lowest BCUT2D eigenvalue weighted by Crippen LogP contribution is -2.41. The summed E-state index contributed by atoms with van der Waals surface area (Å²) in [5.41, 5.74) is 2.77.